The lowest BCUT2D eigenvalue weighted by Gasteiger charge is -2.36. The van der Waals surface area contributed by atoms with Gasteiger partial charge in [-0.15, -0.1) is 0 Å². The van der Waals surface area contributed by atoms with E-state index in [-0.39, 0.29) is 29.3 Å². The van der Waals surface area contributed by atoms with Crippen LogP contribution in [-0.2, 0) is 9.59 Å². The molecule has 0 heterocycles. The van der Waals surface area contributed by atoms with Gasteiger partial charge in [-0.25, -0.2) is 8.78 Å². The van der Waals surface area contributed by atoms with Gasteiger partial charge in [0.2, 0.25) is 5.91 Å². The summed E-state index contributed by atoms with van der Waals surface area (Å²) >= 11 is 0. The fraction of sp³-hybridized carbons (Fsp3) is 0.500. The van der Waals surface area contributed by atoms with Gasteiger partial charge in [0, 0.05) is 29.5 Å². The maximum atomic E-state index is 13.1. The molecule has 0 saturated heterocycles. The maximum Gasteiger partial charge on any atom is 0.227 e. The number of carbonyl (C=O) groups is 2. The van der Waals surface area contributed by atoms with Gasteiger partial charge in [0.15, 0.2) is 0 Å². The molecule has 2 aliphatic carbocycles. The van der Waals surface area contributed by atoms with E-state index in [0.29, 0.717) is 18.6 Å². The molecular formula is C16H17F2NO2. The number of ketones is 1. The van der Waals surface area contributed by atoms with Crippen molar-refractivity contribution in [3.8, 4) is 0 Å². The quantitative estimate of drug-likeness (QED) is 0.909. The molecule has 2 bridgehead atoms. The fourth-order valence-electron chi connectivity index (χ4n) is 3.56. The first kappa shape index (κ1) is 14.2. The van der Waals surface area contributed by atoms with Crippen molar-refractivity contribution in [3.05, 3.63) is 29.8 Å². The zero-order valence-electron chi connectivity index (χ0n) is 11.6. The van der Waals surface area contributed by atoms with Crippen molar-refractivity contribution in [3.63, 3.8) is 0 Å². The molecule has 112 valence electrons. The zero-order valence-corrected chi connectivity index (χ0v) is 11.6. The minimum atomic E-state index is -0.721. The lowest BCUT2D eigenvalue weighted by atomic mass is 9.67. The van der Waals surface area contributed by atoms with Crippen LogP contribution in [0, 0.1) is 29.4 Å². The Kier molecular flexibility index (Phi) is 3.74. The zero-order chi connectivity index (χ0) is 15.0. The average Bonchev–Trinajstić information content (AvgIpc) is 2.36. The Balaban J connectivity index is 1.70. The number of halogens is 2. The normalized spacial score (nSPS) is 28.3. The van der Waals surface area contributed by atoms with Gasteiger partial charge in [0.05, 0.1) is 0 Å². The molecule has 5 heteroatoms. The first-order valence-electron chi connectivity index (χ1n) is 7.33. The minimum absolute atomic E-state index is 0.0162. The highest BCUT2D eigenvalue weighted by Crippen LogP contribution is 2.40. The number of hydrogen-bond acceptors (Lipinski definition) is 2. The van der Waals surface area contributed by atoms with E-state index in [1.807, 2.05) is 0 Å². The third kappa shape index (κ3) is 2.96. The number of Topliss-reactive ketones (excluding diaryl/α,β-unsaturated/α-hetero) is 1. The second-order valence-electron chi connectivity index (χ2n) is 6.04. The molecule has 1 N–H and O–H groups in total. The highest BCUT2D eigenvalue weighted by atomic mass is 19.1. The monoisotopic (exact) mass is 293 g/mol. The number of nitrogens with one attached hydrogen (secondary N) is 1. The topological polar surface area (TPSA) is 46.2 Å². The number of fused-ring (bicyclic) bond motifs is 2. The summed E-state index contributed by atoms with van der Waals surface area (Å²) in [6.45, 7) is 0. The van der Waals surface area contributed by atoms with Crippen molar-refractivity contribution < 1.29 is 18.4 Å². The number of hydrogen-bond donors (Lipinski definition) is 1. The number of anilines is 1. The second kappa shape index (κ2) is 5.54. The van der Waals surface area contributed by atoms with Gasteiger partial charge in [-0.1, -0.05) is 6.42 Å². The highest BCUT2D eigenvalue weighted by Gasteiger charge is 2.41. The average molecular weight is 293 g/mol. The smallest absolute Gasteiger partial charge is 0.227 e. The minimum Gasteiger partial charge on any atom is -0.326 e. The summed E-state index contributed by atoms with van der Waals surface area (Å²) in [5, 5.41) is 2.57. The summed E-state index contributed by atoms with van der Waals surface area (Å²) in [6.07, 6.45) is 3.86. The molecule has 0 aliphatic heterocycles. The molecule has 2 saturated carbocycles. The Morgan fingerprint density at radius 3 is 2.19 bits per heavy atom. The molecule has 2 atom stereocenters. The summed E-state index contributed by atoms with van der Waals surface area (Å²) in [6, 6.07) is 2.95. The van der Waals surface area contributed by atoms with Crippen molar-refractivity contribution in [2.24, 2.45) is 17.8 Å². The van der Waals surface area contributed by atoms with Crippen molar-refractivity contribution in [2.45, 2.75) is 32.1 Å². The van der Waals surface area contributed by atoms with E-state index in [2.05, 4.69) is 5.32 Å². The van der Waals surface area contributed by atoms with Crippen molar-refractivity contribution in [1.82, 2.24) is 0 Å². The summed E-state index contributed by atoms with van der Waals surface area (Å²) in [7, 11) is 0. The van der Waals surface area contributed by atoms with Crippen LogP contribution < -0.4 is 5.32 Å². The molecule has 1 aromatic rings. The Labute approximate surface area is 121 Å². The van der Waals surface area contributed by atoms with Crippen LogP contribution in [0.3, 0.4) is 0 Å². The lowest BCUT2D eigenvalue weighted by molar-refractivity contribution is -0.136. The van der Waals surface area contributed by atoms with E-state index in [4.69, 9.17) is 0 Å². The summed E-state index contributed by atoms with van der Waals surface area (Å²) in [5.74, 6) is -1.67. The van der Waals surface area contributed by atoms with Crippen LogP contribution in [0.1, 0.15) is 32.1 Å². The Morgan fingerprint density at radius 2 is 1.62 bits per heavy atom. The Hall–Kier alpha value is -1.78. The van der Waals surface area contributed by atoms with E-state index in [1.54, 1.807) is 0 Å². The summed E-state index contributed by atoms with van der Waals surface area (Å²) < 4.78 is 26.2. The number of rotatable bonds is 2. The molecule has 21 heavy (non-hydrogen) atoms. The SMILES string of the molecule is O=C(Nc1cc(F)cc(F)c1)C1CC2CCCC(C1)C2=O. The van der Waals surface area contributed by atoms with Crippen LogP contribution in [0.4, 0.5) is 14.5 Å². The maximum absolute atomic E-state index is 13.1. The number of benzene rings is 1. The number of carbonyl (C=O) groups excluding carboxylic acids is 2. The van der Waals surface area contributed by atoms with Crippen LogP contribution in [0.2, 0.25) is 0 Å². The second-order valence-corrected chi connectivity index (χ2v) is 6.04. The molecule has 3 nitrogen and oxygen atoms in total. The first-order valence-corrected chi connectivity index (χ1v) is 7.33. The molecular weight excluding hydrogens is 276 g/mol. The van der Waals surface area contributed by atoms with Gasteiger partial charge in [0.1, 0.15) is 17.4 Å². The molecule has 0 radical (unpaired) electrons. The van der Waals surface area contributed by atoms with Crippen LogP contribution in [0.5, 0.6) is 0 Å². The third-order valence-corrected chi connectivity index (χ3v) is 4.55. The molecule has 0 spiro atoms. The van der Waals surface area contributed by atoms with Gasteiger partial charge in [-0.2, -0.15) is 0 Å². The molecule has 2 aliphatic rings. The van der Waals surface area contributed by atoms with Gasteiger partial charge in [0.25, 0.3) is 0 Å². The molecule has 2 unspecified atom stereocenters. The molecule has 1 aromatic carbocycles. The molecule has 2 fully saturated rings. The van der Waals surface area contributed by atoms with Crippen LogP contribution >= 0.6 is 0 Å². The van der Waals surface area contributed by atoms with E-state index in [9.17, 15) is 18.4 Å². The van der Waals surface area contributed by atoms with Gasteiger partial charge >= 0.3 is 0 Å². The Morgan fingerprint density at radius 1 is 1.05 bits per heavy atom. The van der Waals surface area contributed by atoms with Crippen molar-refractivity contribution >= 4 is 17.4 Å². The predicted octanol–water partition coefficient (Wildman–Crippen LogP) is 3.30. The van der Waals surface area contributed by atoms with Crippen molar-refractivity contribution in [2.75, 3.05) is 5.32 Å². The standard InChI is InChI=1S/C16H17F2NO2/c17-12-6-13(18)8-14(7-12)19-16(21)11-4-9-2-1-3-10(5-11)15(9)20/h6-11H,1-5H2,(H,19,21). The van der Waals surface area contributed by atoms with Crippen LogP contribution in [-0.4, -0.2) is 11.7 Å². The third-order valence-electron chi connectivity index (χ3n) is 4.55. The lowest BCUT2D eigenvalue weighted by Crippen LogP contribution is -2.40. The van der Waals surface area contributed by atoms with E-state index in [1.165, 1.54) is 0 Å². The van der Waals surface area contributed by atoms with E-state index >= 15 is 0 Å². The Bertz CT molecular complexity index is 551. The van der Waals surface area contributed by atoms with Gasteiger partial charge in [-0.3, -0.25) is 9.59 Å². The molecule has 0 aromatic heterocycles. The number of amides is 1. The predicted molar refractivity (Wildman–Crippen MR) is 73.5 cm³/mol. The van der Waals surface area contributed by atoms with Crippen molar-refractivity contribution in [1.29, 1.82) is 0 Å². The first-order chi connectivity index (χ1) is 10.0. The van der Waals surface area contributed by atoms with Crippen LogP contribution in [0.25, 0.3) is 0 Å². The molecule has 3 rings (SSSR count). The van der Waals surface area contributed by atoms with E-state index in [0.717, 1.165) is 37.5 Å². The van der Waals surface area contributed by atoms with Gasteiger partial charge in [-0.05, 0) is 37.8 Å². The van der Waals surface area contributed by atoms with Crippen LogP contribution in [0.15, 0.2) is 18.2 Å². The van der Waals surface area contributed by atoms with Gasteiger partial charge < -0.3 is 5.32 Å². The van der Waals surface area contributed by atoms with E-state index < -0.39 is 11.6 Å². The fourth-order valence-corrected chi connectivity index (χ4v) is 3.56. The largest absolute Gasteiger partial charge is 0.326 e. The molecule has 1 amide bonds. The summed E-state index contributed by atoms with van der Waals surface area (Å²) in [4.78, 5) is 24.3. The highest BCUT2D eigenvalue weighted by molar-refractivity contribution is 5.95. The summed E-state index contributed by atoms with van der Waals surface area (Å²) in [5.41, 5.74) is 0.125.